The molecular formula is C24H41NO6S2Si. The van der Waals surface area contributed by atoms with Gasteiger partial charge in [0.05, 0.1) is 29.6 Å². The quantitative estimate of drug-likeness (QED) is 0.406. The summed E-state index contributed by atoms with van der Waals surface area (Å²) < 4.78 is 67.0. The first-order valence-corrected chi connectivity index (χ1v) is 19.4. The molecule has 0 amide bonds. The standard InChI is InChI=1S/C24H41NO6S2Si/c1-34(2,3)20-19-33(28,29)25-24(15-18-32(26,27)22-10-5-4-6-11-22)14-8-7-9-21(24)12-13-23-30-16-17-31-23/h4-6,10-11,21,23,25H,7-9,12-20H2,1-3H3/t21-,24-/m0/s1. The highest BCUT2D eigenvalue weighted by molar-refractivity contribution is 7.91. The molecule has 0 radical (unpaired) electrons. The Morgan fingerprint density at radius 3 is 2.29 bits per heavy atom. The Labute approximate surface area is 207 Å². The molecule has 194 valence electrons. The van der Waals surface area contributed by atoms with E-state index >= 15 is 0 Å². The van der Waals surface area contributed by atoms with Crippen LogP contribution in [0.5, 0.6) is 0 Å². The van der Waals surface area contributed by atoms with Gasteiger partial charge in [0.1, 0.15) is 0 Å². The SMILES string of the molecule is C[Si](C)(C)CCS(=O)(=O)N[C@]1(CCS(=O)(=O)c2ccccc2)CCCC[C@H]1CCC1OCCO1. The number of hydrogen-bond acceptors (Lipinski definition) is 6. The number of sulfonamides is 1. The van der Waals surface area contributed by atoms with E-state index < -0.39 is 33.5 Å². The summed E-state index contributed by atoms with van der Waals surface area (Å²) >= 11 is 0. The van der Waals surface area contributed by atoms with Crippen LogP contribution in [0.1, 0.15) is 44.9 Å². The van der Waals surface area contributed by atoms with Crippen LogP contribution in [0.25, 0.3) is 0 Å². The molecule has 1 aromatic carbocycles. The zero-order valence-corrected chi connectivity index (χ0v) is 23.4. The number of nitrogens with one attached hydrogen (secondary N) is 1. The zero-order valence-electron chi connectivity index (χ0n) is 20.8. The molecule has 0 aromatic heterocycles. The third-order valence-electron chi connectivity index (χ3n) is 7.05. The maximum Gasteiger partial charge on any atom is 0.211 e. The summed E-state index contributed by atoms with van der Waals surface area (Å²) in [6.07, 6.45) is 4.87. The van der Waals surface area contributed by atoms with Gasteiger partial charge < -0.3 is 9.47 Å². The topological polar surface area (TPSA) is 98.8 Å². The average molecular weight is 532 g/mol. The Morgan fingerprint density at radius 2 is 1.65 bits per heavy atom. The Balaban J connectivity index is 1.82. The molecule has 1 N–H and O–H groups in total. The van der Waals surface area contributed by atoms with Gasteiger partial charge >= 0.3 is 0 Å². The fourth-order valence-corrected chi connectivity index (χ4v) is 11.1. The Morgan fingerprint density at radius 1 is 0.971 bits per heavy atom. The second-order valence-corrected chi connectivity index (χ2v) is 20.5. The molecule has 0 unspecified atom stereocenters. The Kier molecular flexibility index (Phi) is 9.41. The minimum Gasteiger partial charge on any atom is -0.350 e. The monoisotopic (exact) mass is 531 g/mol. The van der Waals surface area contributed by atoms with Gasteiger partial charge in [0.15, 0.2) is 16.1 Å². The van der Waals surface area contributed by atoms with E-state index in [0.29, 0.717) is 32.1 Å². The van der Waals surface area contributed by atoms with Crippen LogP contribution in [-0.2, 0) is 29.3 Å². The van der Waals surface area contributed by atoms with Gasteiger partial charge in [-0.1, -0.05) is 50.7 Å². The van der Waals surface area contributed by atoms with E-state index in [1.807, 2.05) is 0 Å². The molecule has 1 aromatic rings. The van der Waals surface area contributed by atoms with Crippen LogP contribution in [0.15, 0.2) is 35.2 Å². The Hall–Kier alpha value is -0.783. The summed E-state index contributed by atoms with van der Waals surface area (Å²) in [6.45, 7) is 7.65. The van der Waals surface area contributed by atoms with Crippen LogP contribution in [0.4, 0.5) is 0 Å². The van der Waals surface area contributed by atoms with Crippen LogP contribution in [0.2, 0.25) is 25.7 Å². The molecule has 1 aliphatic heterocycles. The highest BCUT2D eigenvalue weighted by atomic mass is 32.2. The molecule has 2 atom stereocenters. The van der Waals surface area contributed by atoms with E-state index in [-0.39, 0.29) is 35.0 Å². The van der Waals surface area contributed by atoms with Crippen molar-refractivity contribution in [2.75, 3.05) is 24.7 Å². The molecule has 1 heterocycles. The minimum atomic E-state index is -3.55. The second kappa shape index (κ2) is 11.5. The van der Waals surface area contributed by atoms with Gasteiger partial charge in [-0.25, -0.2) is 21.6 Å². The summed E-state index contributed by atoms with van der Waals surface area (Å²) in [5.41, 5.74) is -0.767. The molecule has 10 heteroatoms. The van der Waals surface area contributed by atoms with E-state index in [4.69, 9.17) is 9.47 Å². The van der Waals surface area contributed by atoms with Gasteiger partial charge in [0, 0.05) is 13.6 Å². The van der Waals surface area contributed by atoms with Crippen LogP contribution >= 0.6 is 0 Å². The van der Waals surface area contributed by atoms with Gasteiger partial charge in [-0.05, 0) is 56.2 Å². The highest BCUT2D eigenvalue weighted by Gasteiger charge is 2.44. The average Bonchev–Trinajstić information content (AvgIpc) is 3.30. The summed E-state index contributed by atoms with van der Waals surface area (Å²) in [6, 6.07) is 9.10. The molecule has 2 aliphatic rings. The van der Waals surface area contributed by atoms with Crippen molar-refractivity contribution in [2.45, 2.75) is 87.4 Å². The predicted octanol–water partition coefficient (Wildman–Crippen LogP) is 4.19. The number of benzene rings is 1. The van der Waals surface area contributed by atoms with Crippen LogP contribution in [-0.4, -0.2) is 61.5 Å². The Bertz CT molecular complexity index is 988. The highest BCUT2D eigenvalue weighted by Crippen LogP contribution is 2.41. The van der Waals surface area contributed by atoms with Crippen molar-refractivity contribution in [1.82, 2.24) is 4.72 Å². The molecule has 1 saturated heterocycles. The van der Waals surface area contributed by atoms with Crippen molar-refractivity contribution in [1.29, 1.82) is 0 Å². The molecule has 2 fully saturated rings. The third kappa shape index (κ3) is 8.13. The van der Waals surface area contributed by atoms with Crippen molar-refractivity contribution in [3.05, 3.63) is 30.3 Å². The molecule has 0 bridgehead atoms. The van der Waals surface area contributed by atoms with Crippen LogP contribution < -0.4 is 4.72 Å². The summed E-state index contributed by atoms with van der Waals surface area (Å²) in [4.78, 5) is 0.284. The summed E-state index contributed by atoms with van der Waals surface area (Å²) in [7, 11) is -8.62. The van der Waals surface area contributed by atoms with Gasteiger partial charge in [-0.15, -0.1) is 0 Å². The third-order valence-corrected chi connectivity index (χ3v) is 12.4. The number of ether oxygens (including phenoxy) is 2. The summed E-state index contributed by atoms with van der Waals surface area (Å²) in [5.74, 6) is 0.0551. The number of rotatable bonds is 12. The lowest BCUT2D eigenvalue weighted by Crippen LogP contribution is -2.56. The molecule has 1 aliphatic carbocycles. The molecule has 34 heavy (non-hydrogen) atoms. The van der Waals surface area contributed by atoms with Crippen molar-refractivity contribution in [2.24, 2.45) is 5.92 Å². The fraction of sp³-hybridized carbons (Fsp3) is 0.750. The minimum absolute atomic E-state index is 0.0432. The normalized spacial score (nSPS) is 25.0. The molecule has 3 rings (SSSR count). The maximum atomic E-state index is 13.3. The molecular weight excluding hydrogens is 490 g/mol. The van der Waals surface area contributed by atoms with Crippen molar-refractivity contribution in [3.8, 4) is 0 Å². The zero-order chi connectivity index (χ0) is 24.9. The van der Waals surface area contributed by atoms with Gasteiger partial charge in [0.25, 0.3) is 0 Å². The maximum absolute atomic E-state index is 13.3. The lowest BCUT2D eigenvalue weighted by Gasteiger charge is -2.45. The lowest BCUT2D eigenvalue weighted by atomic mass is 9.70. The van der Waals surface area contributed by atoms with E-state index in [2.05, 4.69) is 24.4 Å². The van der Waals surface area contributed by atoms with E-state index in [0.717, 1.165) is 25.7 Å². The number of sulfone groups is 1. The first kappa shape index (κ1) is 27.8. The van der Waals surface area contributed by atoms with Crippen LogP contribution in [0.3, 0.4) is 0 Å². The van der Waals surface area contributed by atoms with E-state index in [9.17, 15) is 16.8 Å². The lowest BCUT2D eigenvalue weighted by molar-refractivity contribution is -0.0536. The molecule has 1 saturated carbocycles. The summed E-state index contributed by atoms with van der Waals surface area (Å²) in [5, 5.41) is 0. The van der Waals surface area contributed by atoms with Gasteiger partial charge in [-0.3, -0.25) is 0 Å². The van der Waals surface area contributed by atoms with Crippen molar-refractivity contribution in [3.63, 3.8) is 0 Å². The van der Waals surface area contributed by atoms with E-state index in [1.165, 1.54) is 0 Å². The van der Waals surface area contributed by atoms with E-state index in [1.54, 1.807) is 30.3 Å². The second-order valence-electron chi connectivity index (χ2n) is 11.0. The molecule has 0 spiro atoms. The number of hydrogen-bond donors (Lipinski definition) is 1. The largest absolute Gasteiger partial charge is 0.350 e. The fourth-order valence-electron chi connectivity index (χ4n) is 5.02. The van der Waals surface area contributed by atoms with Crippen molar-refractivity contribution >= 4 is 27.9 Å². The predicted molar refractivity (Wildman–Crippen MR) is 138 cm³/mol. The van der Waals surface area contributed by atoms with Gasteiger partial charge in [0.2, 0.25) is 10.0 Å². The van der Waals surface area contributed by atoms with Crippen molar-refractivity contribution < 1.29 is 26.3 Å². The molecule has 7 nitrogen and oxygen atoms in total. The van der Waals surface area contributed by atoms with Crippen LogP contribution in [0, 0.1) is 5.92 Å². The van der Waals surface area contributed by atoms with Gasteiger partial charge in [-0.2, -0.15) is 0 Å². The smallest absolute Gasteiger partial charge is 0.211 e. The first-order chi connectivity index (χ1) is 15.9. The first-order valence-electron chi connectivity index (χ1n) is 12.4.